The average Bonchev–Trinajstić information content (AvgIpc) is 3.07. The Morgan fingerprint density at radius 1 is 0.600 bits per heavy atom. The lowest BCUT2D eigenvalue weighted by Gasteiger charge is -2.60. The normalized spacial score (nSPS) is 32.2. The van der Waals surface area contributed by atoms with E-state index in [9.17, 15) is 15.3 Å². The Hall–Kier alpha value is -0.240. The molecule has 6 heteroatoms. The predicted molar refractivity (Wildman–Crippen MR) is 257 cm³/mol. The highest BCUT2D eigenvalue weighted by atomic mass is 16.5. The Balaban J connectivity index is 4.04. The highest BCUT2D eigenvalue weighted by Gasteiger charge is 2.57. The standard InChI is InChI=1S/C54H108O6/c1-33(2)47(13,14)37(7)50(19,20)41(11)54(27)42(12)51(21,22)38(8)49(17,18)40(10)52(23,24)58-36(6)29-43(56)30-46(60-54)32-44(57)31-45(28-35(5)55)59-53(25,26)39(9)48(15,16)34(3)4/h33-46,55-57H,28-32H2,1-27H3. The van der Waals surface area contributed by atoms with Crippen LogP contribution < -0.4 is 0 Å². The molecule has 0 bridgehead atoms. The van der Waals surface area contributed by atoms with Crippen molar-refractivity contribution in [3.63, 3.8) is 0 Å². The van der Waals surface area contributed by atoms with Crippen LogP contribution in [-0.2, 0) is 14.2 Å². The number of aliphatic hydroxyl groups is 3. The quantitative estimate of drug-likeness (QED) is 0.143. The number of hydrogen-bond donors (Lipinski definition) is 3. The summed E-state index contributed by atoms with van der Waals surface area (Å²) in [5, 5.41) is 34.9. The van der Waals surface area contributed by atoms with Gasteiger partial charge < -0.3 is 29.5 Å². The minimum atomic E-state index is -0.768. The first-order chi connectivity index (χ1) is 26.6. The number of ether oxygens (including phenoxy) is 3. The van der Waals surface area contributed by atoms with Gasteiger partial charge in [-0.3, -0.25) is 0 Å². The van der Waals surface area contributed by atoms with Crippen LogP contribution in [0.1, 0.15) is 219 Å². The van der Waals surface area contributed by atoms with E-state index in [2.05, 4.69) is 180 Å². The highest BCUT2D eigenvalue weighted by Crippen LogP contribution is 2.59. The largest absolute Gasteiger partial charge is 0.393 e. The van der Waals surface area contributed by atoms with Gasteiger partial charge in [-0.1, -0.05) is 138 Å². The van der Waals surface area contributed by atoms with Crippen molar-refractivity contribution in [3.8, 4) is 0 Å². The molecule has 0 aromatic heterocycles. The molecule has 0 aromatic rings. The minimum absolute atomic E-state index is 0.0230. The van der Waals surface area contributed by atoms with Crippen LogP contribution in [0.2, 0.25) is 0 Å². The smallest absolute Gasteiger partial charge is 0.0719 e. The number of aliphatic hydroxyl groups excluding tert-OH is 3. The molecule has 1 saturated heterocycles. The molecule has 0 aromatic carbocycles. The van der Waals surface area contributed by atoms with E-state index >= 15 is 0 Å². The van der Waals surface area contributed by atoms with Gasteiger partial charge in [0.1, 0.15) is 0 Å². The van der Waals surface area contributed by atoms with E-state index in [1.807, 2.05) is 0 Å². The van der Waals surface area contributed by atoms with Gasteiger partial charge in [0.2, 0.25) is 0 Å². The predicted octanol–water partition coefficient (Wildman–Crippen LogP) is 13.8. The molecule has 0 aliphatic carbocycles. The Morgan fingerprint density at radius 3 is 1.50 bits per heavy atom. The van der Waals surface area contributed by atoms with Crippen molar-refractivity contribution in [2.75, 3.05) is 0 Å². The summed E-state index contributed by atoms with van der Waals surface area (Å²) in [4.78, 5) is 0. The molecule has 60 heavy (non-hydrogen) atoms. The Kier molecular flexibility index (Phi) is 19.8. The van der Waals surface area contributed by atoms with Gasteiger partial charge in [-0.15, -0.1) is 0 Å². The van der Waals surface area contributed by atoms with Crippen molar-refractivity contribution in [1.82, 2.24) is 0 Å². The molecular weight excluding hydrogens is 745 g/mol. The first-order valence-electron chi connectivity index (χ1n) is 24.6. The van der Waals surface area contributed by atoms with Gasteiger partial charge in [0.25, 0.3) is 0 Å². The maximum absolute atomic E-state index is 12.2. The Morgan fingerprint density at radius 2 is 1.05 bits per heavy atom. The molecule has 13 atom stereocenters. The van der Waals surface area contributed by atoms with Crippen LogP contribution >= 0.6 is 0 Å². The maximum atomic E-state index is 12.2. The van der Waals surface area contributed by atoms with Crippen molar-refractivity contribution in [2.24, 2.45) is 74.4 Å². The zero-order chi connectivity index (χ0) is 47.7. The molecule has 1 aliphatic heterocycles. The van der Waals surface area contributed by atoms with Crippen LogP contribution in [0.15, 0.2) is 0 Å². The van der Waals surface area contributed by atoms with Crippen LogP contribution in [-0.4, -0.2) is 68.7 Å². The lowest BCUT2D eigenvalue weighted by molar-refractivity contribution is -0.224. The third kappa shape index (κ3) is 13.2. The molecule has 0 spiro atoms. The summed E-state index contributed by atoms with van der Waals surface area (Å²) in [5.74, 6) is 2.27. The molecular formula is C54H108O6. The van der Waals surface area contributed by atoms with Gasteiger partial charge >= 0.3 is 0 Å². The second-order valence-electron chi connectivity index (χ2n) is 25.9. The van der Waals surface area contributed by atoms with Crippen LogP contribution in [0.5, 0.6) is 0 Å². The lowest BCUT2D eigenvalue weighted by Crippen LogP contribution is -2.59. The molecule has 1 fully saturated rings. The molecule has 0 saturated carbocycles. The number of rotatable bonds is 16. The highest BCUT2D eigenvalue weighted by molar-refractivity contribution is 5.06. The third-order valence-corrected chi connectivity index (χ3v) is 19.9. The second kappa shape index (κ2) is 20.5. The van der Waals surface area contributed by atoms with Gasteiger partial charge in [-0.2, -0.15) is 0 Å². The zero-order valence-corrected chi connectivity index (χ0v) is 45.2. The van der Waals surface area contributed by atoms with Crippen LogP contribution in [0.4, 0.5) is 0 Å². The Labute approximate surface area is 375 Å². The first-order valence-corrected chi connectivity index (χ1v) is 24.6. The molecule has 1 heterocycles. The summed E-state index contributed by atoms with van der Waals surface area (Å²) in [6.07, 6.45) is -0.979. The third-order valence-electron chi connectivity index (χ3n) is 19.9. The van der Waals surface area contributed by atoms with Crippen molar-refractivity contribution < 1.29 is 29.5 Å². The van der Waals surface area contributed by atoms with Crippen molar-refractivity contribution in [1.29, 1.82) is 0 Å². The molecule has 13 unspecified atom stereocenters. The fourth-order valence-corrected chi connectivity index (χ4v) is 11.7. The summed E-state index contributed by atoms with van der Waals surface area (Å²) in [6, 6.07) is 0. The minimum Gasteiger partial charge on any atom is -0.393 e. The maximum Gasteiger partial charge on any atom is 0.0719 e. The fourth-order valence-electron chi connectivity index (χ4n) is 11.7. The summed E-state index contributed by atoms with van der Waals surface area (Å²) in [5.41, 5.74) is -1.84. The van der Waals surface area contributed by atoms with E-state index in [0.717, 1.165) is 0 Å². The molecule has 360 valence electrons. The fraction of sp³-hybridized carbons (Fsp3) is 1.00. The van der Waals surface area contributed by atoms with Crippen LogP contribution in [0, 0.1) is 74.4 Å². The second-order valence-corrected chi connectivity index (χ2v) is 25.9. The molecule has 1 rings (SSSR count). The molecule has 6 nitrogen and oxygen atoms in total. The number of hydrogen-bond acceptors (Lipinski definition) is 6. The summed E-state index contributed by atoms with van der Waals surface area (Å²) in [6.45, 7) is 62.7. The van der Waals surface area contributed by atoms with Crippen molar-refractivity contribution in [3.05, 3.63) is 0 Å². The van der Waals surface area contributed by atoms with Crippen molar-refractivity contribution in [2.45, 2.75) is 272 Å². The molecule has 1 aliphatic rings. The zero-order valence-electron chi connectivity index (χ0n) is 45.2. The molecule has 0 radical (unpaired) electrons. The monoisotopic (exact) mass is 853 g/mol. The van der Waals surface area contributed by atoms with Gasteiger partial charge in [0.15, 0.2) is 0 Å². The SMILES string of the molecule is CC(O)CC(CC(O)CC1CC(O)CC(C)OC(C)(C)C(C)C(C)(C)C(C)C(C)(C)C(C)C(C)(C(C)C(C)(C)C(C)C(C)(C)C(C)C)O1)OC(C)(C)C(C)C(C)(C)C(C)C. The van der Waals surface area contributed by atoms with E-state index in [4.69, 9.17) is 14.2 Å². The van der Waals surface area contributed by atoms with Crippen molar-refractivity contribution >= 4 is 0 Å². The van der Waals surface area contributed by atoms with Crippen LogP contribution in [0.3, 0.4) is 0 Å². The first kappa shape index (κ1) is 57.8. The summed E-state index contributed by atoms with van der Waals surface area (Å²) in [7, 11) is 0. The summed E-state index contributed by atoms with van der Waals surface area (Å²) >= 11 is 0. The van der Waals surface area contributed by atoms with Gasteiger partial charge in [-0.25, -0.2) is 0 Å². The van der Waals surface area contributed by atoms with Gasteiger partial charge in [0, 0.05) is 0 Å². The van der Waals surface area contributed by atoms with E-state index in [1.165, 1.54) is 0 Å². The lowest BCUT2D eigenvalue weighted by atomic mass is 9.49. The Bertz CT molecular complexity index is 1290. The summed E-state index contributed by atoms with van der Waals surface area (Å²) < 4.78 is 21.6. The topological polar surface area (TPSA) is 88.4 Å². The van der Waals surface area contributed by atoms with E-state index in [1.54, 1.807) is 6.92 Å². The van der Waals surface area contributed by atoms with E-state index < -0.39 is 41.2 Å². The van der Waals surface area contributed by atoms with Gasteiger partial charge in [0.05, 0.1) is 53.4 Å². The molecule has 3 N–H and O–H groups in total. The van der Waals surface area contributed by atoms with E-state index in [0.29, 0.717) is 55.8 Å². The molecule has 0 amide bonds. The van der Waals surface area contributed by atoms with Gasteiger partial charge in [-0.05, 0) is 155 Å². The average molecular weight is 853 g/mol. The van der Waals surface area contributed by atoms with E-state index in [-0.39, 0.29) is 63.0 Å². The van der Waals surface area contributed by atoms with Crippen LogP contribution in [0.25, 0.3) is 0 Å².